The molecule has 1 aliphatic heterocycles. The second-order valence-electron chi connectivity index (χ2n) is 7.05. The molecule has 160 valence electrons. The van der Waals surface area contributed by atoms with Crippen molar-refractivity contribution in [3.63, 3.8) is 0 Å². The van der Waals surface area contributed by atoms with E-state index in [1.165, 1.54) is 35.2 Å². The summed E-state index contributed by atoms with van der Waals surface area (Å²) in [4.78, 5) is 26.2. The van der Waals surface area contributed by atoms with Crippen LogP contribution in [0.3, 0.4) is 0 Å². The molecule has 3 rings (SSSR count). The Morgan fingerprint density at radius 3 is 2.60 bits per heavy atom. The Bertz CT molecular complexity index is 917. The Morgan fingerprint density at radius 2 is 1.87 bits per heavy atom. The lowest BCUT2D eigenvalue weighted by Crippen LogP contribution is -2.45. The van der Waals surface area contributed by atoms with Crippen molar-refractivity contribution in [1.82, 2.24) is 10.2 Å². The molecule has 2 aromatic carbocycles. The second-order valence-corrected chi connectivity index (χ2v) is 7.05. The van der Waals surface area contributed by atoms with Gasteiger partial charge in [0.05, 0.1) is 5.92 Å². The summed E-state index contributed by atoms with van der Waals surface area (Å²) < 4.78 is 54.2. The van der Waals surface area contributed by atoms with Gasteiger partial charge in [-0.1, -0.05) is 24.3 Å². The first-order chi connectivity index (χ1) is 14.2. The standard InChI is InChI=1S/C21H20F4N2O3/c22-17-5-1-4-15(9-17)12-27-13-16(7-8-19(27)28)20(29)26-11-14-3-2-6-18(10-14)30-21(23,24)25/h1-6,9-10,16H,7-8,11-13H2,(H,26,29)/t16-/m1/s1. The van der Waals surface area contributed by atoms with Crippen LogP contribution in [0.4, 0.5) is 17.6 Å². The van der Waals surface area contributed by atoms with E-state index in [0.29, 0.717) is 17.5 Å². The number of halogens is 4. The smallest absolute Gasteiger partial charge is 0.406 e. The largest absolute Gasteiger partial charge is 0.573 e. The Morgan fingerprint density at radius 1 is 1.13 bits per heavy atom. The number of carbonyl (C=O) groups excluding carboxylic acids is 2. The van der Waals surface area contributed by atoms with Crippen molar-refractivity contribution in [3.8, 4) is 5.75 Å². The van der Waals surface area contributed by atoms with Crippen molar-refractivity contribution in [2.24, 2.45) is 5.92 Å². The molecule has 1 fully saturated rings. The summed E-state index contributed by atoms with van der Waals surface area (Å²) in [5, 5.41) is 2.69. The first-order valence-electron chi connectivity index (χ1n) is 9.34. The molecule has 5 nitrogen and oxygen atoms in total. The van der Waals surface area contributed by atoms with Crippen molar-refractivity contribution in [1.29, 1.82) is 0 Å². The summed E-state index contributed by atoms with van der Waals surface area (Å²) in [6.45, 7) is 0.428. The van der Waals surface area contributed by atoms with E-state index in [1.54, 1.807) is 18.2 Å². The number of piperidine rings is 1. The van der Waals surface area contributed by atoms with E-state index in [9.17, 15) is 27.2 Å². The van der Waals surface area contributed by atoms with Crippen molar-refractivity contribution in [2.45, 2.75) is 32.3 Å². The third-order valence-electron chi connectivity index (χ3n) is 4.73. The summed E-state index contributed by atoms with van der Waals surface area (Å²) in [5.41, 5.74) is 1.08. The van der Waals surface area contributed by atoms with Crippen LogP contribution in [-0.4, -0.2) is 29.6 Å². The van der Waals surface area contributed by atoms with Gasteiger partial charge in [-0.2, -0.15) is 0 Å². The maximum atomic E-state index is 13.4. The zero-order valence-corrected chi connectivity index (χ0v) is 15.9. The van der Waals surface area contributed by atoms with Gasteiger partial charge in [0.1, 0.15) is 11.6 Å². The highest BCUT2D eigenvalue weighted by atomic mass is 19.4. The fourth-order valence-electron chi connectivity index (χ4n) is 3.32. The summed E-state index contributed by atoms with van der Waals surface area (Å²) >= 11 is 0. The minimum Gasteiger partial charge on any atom is -0.406 e. The molecule has 0 aliphatic carbocycles. The molecule has 1 aliphatic rings. The molecule has 1 atom stereocenters. The van der Waals surface area contributed by atoms with Gasteiger partial charge in [0.15, 0.2) is 0 Å². The maximum Gasteiger partial charge on any atom is 0.573 e. The maximum absolute atomic E-state index is 13.4. The molecule has 2 amide bonds. The van der Waals surface area contributed by atoms with E-state index >= 15 is 0 Å². The predicted molar refractivity (Wildman–Crippen MR) is 99.5 cm³/mol. The average molecular weight is 424 g/mol. The normalized spacial score (nSPS) is 17.0. The van der Waals surface area contributed by atoms with Crippen molar-refractivity contribution in [2.75, 3.05) is 6.54 Å². The molecule has 2 aromatic rings. The monoisotopic (exact) mass is 424 g/mol. The molecule has 0 unspecified atom stereocenters. The lowest BCUT2D eigenvalue weighted by molar-refractivity contribution is -0.274. The van der Waals surface area contributed by atoms with E-state index in [1.807, 2.05) is 0 Å². The highest BCUT2D eigenvalue weighted by Gasteiger charge is 2.32. The molecule has 0 spiro atoms. The number of ether oxygens (including phenoxy) is 1. The third-order valence-corrected chi connectivity index (χ3v) is 4.73. The quantitative estimate of drug-likeness (QED) is 0.719. The Kier molecular flexibility index (Phi) is 6.59. The van der Waals surface area contributed by atoms with Gasteiger partial charge in [0, 0.05) is 26.1 Å². The summed E-state index contributed by atoms with van der Waals surface area (Å²) in [7, 11) is 0. The zero-order valence-electron chi connectivity index (χ0n) is 15.9. The number of likely N-dealkylation sites (tertiary alicyclic amines) is 1. The molecule has 0 bridgehead atoms. The summed E-state index contributed by atoms with van der Waals surface area (Å²) in [6.07, 6.45) is -4.22. The van der Waals surface area contributed by atoms with Crippen LogP contribution in [-0.2, 0) is 22.7 Å². The summed E-state index contributed by atoms with van der Waals surface area (Å²) in [5.74, 6) is -1.62. The van der Waals surface area contributed by atoms with Gasteiger partial charge in [-0.25, -0.2) is 4.39 Å². The van der Waals surface area contributed by atoms with E-state index in [2.05, 4.69) is 10.1 Å². The molecule has 30 heavy (non-hydrogen) atoms. The van der Waals surface area contributed by atoms with Gasteiger partial charge in [-0.3, -0.25) is 9.59 Å². The van der Waals surface area contributed by atoms with Crippen LogP contribution in [0.2, 0.25) is 0 Å². The minimum atomic E-state index is -4.79. The predicted octanol–water partition coefficient (Wildman–Crippen LogP) is 3.78. The number of hydrogen-bond donors (Lipinski definition) is 1. The number of rotatable bonds is 6. The molecule has 0 radical (unpaired) electrons. The molecule has 0 saturated carbocycles. The first-order valence-corrected chi connectivity index (χ1v) is 9.34. The highest BCUT2D eigenvalue weighted by Crippen LogP contribution is 2.24. The van der Waals surface area contributed by atoms with E-state index in [0.717, 1.165) is 0 Å². The van der Waals surface area contributed by atoms with Gasteiger partial charge in [0.25, 0.3) is 0 Å². The molecule has 0 aromatic heterocycles. The Labute approximate surface area is 170 Å². The minimum absolute atomic E-state index is 0.0300. The summed E-state index contributed by atoms with van der Waals surface area (Å²) in [6, 6.07) is 11.3. The fourth-order valence-corrected chi connectivity index (χ4v) is 3.32. The Balaban J connectivity index is 1.56. The van der Waals surface area contributed by atoms with Crippen LogP contribution in [0.25, 0.3) is 0 Å². The van der Waals surface area contributed by atoms with Gasteiger partial charge in [0.2, 0.25) is 11.8 Å². The first kappa shape index (κ1) is 21.6. The Hall–Kier alpha value is -3.10. The number of alkyl halides is 3. The lowest BCUT2D eigenvalue weighted by Gasteiger charge is -2.32. The van der Waals surface area contributed by atoms with E-state index in [-0.39, 0.29) is 43.6 Å². The van der Waals surface area contributed by atoms with Crippen molar-refractivity contribution >= 4 is 11.8 Å². The molecule has 1 N–H and O–H groups in total. The number of carbonyl (C=O) groups is 2. The van der Waals surface area contributed by atoms with Crippen LogP contribution in [0.5, 0.6) is 5.75 Å². The van der Waals surface area contributed by atoms with Crippen LogP contribution in [0.1, 0.15) is 24.0 Å². The highest BCUT2D eigenvalue weighted by molar-refractivity contribution is 5.83. The van der Waals surface area contributed by atoms with Gasteiger partial charge >= 0.3 is 6.36 Å². The average Bonchev–Trinajstić information content (AvgIpc) is 2.67. The van der Waals surface area contributed by atoms with Crippen LogP contribution in [0.15, 0.2) is 48.5 Å². The molecular weight excluding hydrogens is 404 g/mol. The van der Waals surface area contributed by atoms with Gasteiger partial charge in [-0.05, 0) is 41.8 Å². The number of nitrogens with one attached hydrogen (secondary N) is 1. The number of hydrogen-bond acceptors (Lipinski definition) is 3. The molecule has 1 heterocycles. The molecular formula is C21H20F4N2O3. The number of benzene rings is 2. The fraction of sp³-hybridized carbons (Fsp3) is 0.333. The van der Waals surface area contributed by atoms with Crippen LogP contribution < -0.4 is 10.1 Å². The number of nitrogens with zero attached hydrogens (tertiary/aromatic N) is 1. The van der Waals surface area contributed by atoms with E-state index in [4.69, 9.17) is 0 Å². The van der Waals surface area contributed by atoms with Crippen LogP contribution >= 0.6 is 0 Å². The topological polar surface area (TPSA) is 58.6 Å². The third kappa shape index (κ3) is 6.20. The van der Waals surface area contributed by atoms with E-state index < -0.39 is 18.1 Å². The zero-order chi connectivity index (χ0) is 21.7. The lowest BCUT2D eigenvalue weighted by atomic mass is 9.96. The van der Waals surface area contributed by atoms with Crippen LogP contribution in [0, 0.1) is 11.7 Å². The van der Waals surface area contributed by atoms with Gasteiger partial charge in [-0.15, -0.1) is 13.2 Å². The number of amides is 2. The van der Waals surface area contributed by atoms with Gasteiger partial charge < -0.3 is 15.0 Å². The van der Waals surface area contributed by atoms with Crippen molar-refractivity contribution < 1.29 is 31.9 Å². The SMILES string of the molecule is O=C(NCc1cccc(OC(F)(F)F)c1)[C@@H]1CCC(=O)N(Cc2cccc(F)c2)C1. The van der Waals surface area contributed by atoms with Crippen molar-refractivity contribution in [3.05, 3.63) is 65.5 Å². The molecule has 1 saturated heterocycles. The second kappa shape index (κ2) is 9.15. The molecule has 9 heteroatoms.